The van der Waals surface area contributed by atoms with Crippen LogP contribution >= 0.6 is 11.8 Å². The van der Waals surface area contributed by atoms with Gasteiger partial charge >= 0.3 is 0 Å². The van der Waals surface area contributed by atoms with E-state index in [9.17, 15) is 9.59 Å². The molecule has 0 bridgehead atoms. The Kier molecular flexibility index (Phi) is 6.74. The molecule has 0 spiro atoms. The van der Waals surface area contributed by atoms with E-state index in [1.165, 1.54) is 22.7 Å². The predicted molar refractivity (Wildman–Crippen MR) is 122 cm³/mol. The number of rotatable bonds is 8. The zero-order chi connectivity index (χ0) is 20.8. The van der Waals surface area contributed by atoms with Crippen molar-refractivity contribution in [1.82, 2.24) is 14.8 Å². The summed E-state index contributed by atoms with van der Waals surface area (Å²) < 4.78 is 2.22. The second-order valence-corrected chi connectivity index (χ2v) is 8.57. The number of carbonyl (C=O) groups is 2. The average molecular weight is 422 g/mol. The summed E-state index contributed by atoms with van der Waals surface area (Å²) in [6.07, 6.45) is 5.13. The van der Waals surface area contributed by atoms with Crippen LogP contribution in [0.3, 0.4) is 0 Å². The number of aromatic nitrogens is 1. The number of likely N-dealkylation sites (tertiary alicyclic amines) is 1. The van der Waals surface area contributed by atoms with E-state index in [0.717, 1.165) is 43.8 Å². The molecule has 1 saturated heterocycles. The third-order valence-corrected chi connectivity index (χ3v) is 6.54. The fraction of sp³-hybridized carbons (Fsp3) is 0.333. The van der Waals surface area contributed by atoms with Gasteiger partial charge in [-0.1, -0.05) is 30.3 Å². The molecule has 3 aromatic rings. The number of carbonyl (C=O) groups excluding carboxylic acids is 2. The Balaban J connectivity index is 1.28. The lowest BCUT2D eigenvalue weighted by atomic mass is 10.2. The molecule has 0 aliphatic carbocycles. The first-order valence-electron chi connectivity index (χ1n) is 10.5. The van der Waals surface area contributed by atoms with Gasteiger partial charge in [0.1, 0.15) is 0 Å². The van der Waals surface area contributed by atoms with Crippen LogP contribution in [-0.4, -0.2) is 46.7 Å². The van der Waals surface area contributed by atoms with Crippen molar-refractivity contribution in [2.24, 2.45) is 0 Å². The molecule has 1 aliphatic rings. The number of nitrogens with zero attached hydrogens (tertiary/aromatic N) is 2. The van der Waals surface area contributed by atoms with Crippen LogP contribution in [0, 0.1) is 0 Å². The number of thioether (sulfide) groups is 1. The van der Waals surface area contributed by atoms with Crippen LogP contribution < -0.4 is 5.32 Å². The van der Waals surface area contributed by atoms with Gasteiger partial charge in [0.2, 0.25) is 5.91 Å². The van der Waals surface area contributed by atoms with E-state index in [4.69, 9.17) is 0 Å². The van der Waals surface area contributed by atoms with Crippen LogP contribution in [0.4, 0.5) is 0 Å². The molecule has 4 rings (SSSR count). The Hall–Kier alpha value is -2.73. The average Bonchev–Trinajstić information content (AvgIpc) is 3.46. The first kappa shape index (κ1) is 20.5. The molecule has 2 aromatic carbocycles. The molecule has 0 unspecified atom stereocenters. The molecule has 1 aliphatic heterocycles. The smallest absolute Gasteiger partial charge is 0.252 e. The molecular weight excluding hydrogens is 394 g/mol. The molecule has 0 saturated carbocycles. The fourth-order valence-corrected chi connectivity index (χ4v) is 4.81. The SMILES string of the molecule is O=C(NCCCn1ccc2ccccc21)c1ccccc1SCC(=O)N1CCCC1. The van der Waals surface area contributed by atoms with Gasteiger partial charge in [-0.25, -0.2) is 0 Å². The van der Waals surface area contributed by atoms with Gasteiger partial charge in [0.15, 0.2) is 0 Å². The highest BCUT2D eigenvalue weighted by Gasteiger charge is 2.19. The summed E-state index contributed by atoms with van der Waals surface area (Å²) in [5.41, 5.74) is 1.86. The second-order valence-electron chi connectivity index (χ2n) is 7.55. The third-order valence-electron chi connectivity index (χ3n) is 5.48. The highest BCUT2D eigenvalue weighted by molar-refractivity contribution is 8.00. The van der Waals surface area contributed by atoms with Crippen LogP contribution in [0.25, 0.3) is 10.9 Å². The maximum atomic E-state index is 12.7. The number of fused-ring (bicyclic) bond motifs is 1. The summed E-state index contributed by atoms with van der Waals surface area (Å²) in [4.78, 5) is 27.8. The number of para-hydroxylation sites is 1. The molecule has 0 atom stereocenters. The highest BCUT2D eigenvalue weighted by Crippen LogP contribution is 2.24. The lowest BCUT2D eigenvalue weighted by Crippen LogP contribution is -2.29. The Bertz CT molecular complexity index is 1020. The van der Waals surface area contributed by atoms with E-state index < -0.39 is 0 Å². The van der Waals surface area contributed by atoms with Gasteiger partial charge in [-0.05, 0) is 48.9 Å². The van der Waals surface area contributed by atoms with Gasteiger partial charge in [0.25, 0.3) is 5.91 Å². The van der Waals surface area contributed by atoms with Gasteiger partial charge in [-0.15, -0.1) is 11.8 Å². The van der Waals surface area contributed by atoms with E-state index in [1.807, 2.05) is 41.3 Å². The topological polar surface area (TPSA) is 54.3 Å². The van der Waals surface area contributed by atoms with Gasteiger partial charge in [-0.2, -0.15) is 0 Å². The number of hydrogen-bond donors (Lipinski definition) is 1. The molecule has 1 fully saturated rings. The van der Waals surface area contributed by atoms with Crippen LogP contribution in [0.2, 0.25) is 0 Å². The second kappa shape index (κ2) is 9.85. The Morgan fingerprint density at radius 2 is 1.73 bits per heavy atom. The summed E-state index contributed by atoms with van der Waals surface area (Å²) in [5.74, 6) is 0.459. The van der Waals surface area contributed by atoms with Crippen molar-refractivity contribution in [3.8, 4) is 0 Å². The van der Waals surface area contributed by atoms with Crippen molar-refractivity contribution in [2.75, 3.05) is 25.4 Å². The minimum atomic E-state index is -0.0796. The quantitative estimate of drug-likeness (QED) is 0.439. The van der Waals surface area contributed by atoms with Crippen molar-refractivity contribution >= 4 is 34.5 Å². The summed E-state index contributed by atoms with van der Waals surface area (Å²) in [5, 5.41) is 4.26. The lowest BCUT2D eigenvalue weighted by Gasteiger charge is -2.15. The molecule has 1 N–H and O–H groups in total. The molecular formula is C24H27N3O2S. The Morgan fingerprint density at radius 1 is 0.967 bits per heavy atom. The van der Waals surface area contributed by atoms with E-state index in [1.54, 1.807) is 0 Å². The first-order valence-corrected chi connectivity index (χ1v) is 11.5. The molecule has 2 heterocycles. The Labute approximate surface area is 181 Å². The maximum absolute atomic E-state index is 12.7. The molecule has 2 amide bonds. The fourth-order valence-electron chi connectivity index (χ4n) is 3.86. The summed E-state index contributed by atoms with van der Waals surface area (Å²) in [7, 11) is 0. The van der Waals surface area contributed by atoms with Crippen molar-refractivity contribution in [1.29, 1.82) is 0 Å². The standard InChI is InChI=1S/C24H27N3O2S/c28-23(27-14-5-6-15-27)18-30-22-11-4-2-9-20(22)24(29)25-13-7-16-26-17-12-19-8-1-3-10-21(19)26/h1-4,8-12,17H,5-7,13-16,18H2,(H,25,29). The van der Waals surface area contributed by atoms with E-state index >= 15 is 0 Å². The monoisotopic (exact) mass is 421 g/mol. The predicted octanol–water partition coefficient (Wildman–Crippen LogP) is 4.18. The van der Waals surface area contributed by atoms with E-state index in [0.29, 0.717) is 17.9 Å². The van der Waals surface area contributed by atoms with Crippen LogP contribution in [-0.2, 0) is 11.3 Å². The number of amides is 2. The molecule has 5 nitrogen and oxygen atoms in total. The van der Waals surface area contributed by atoms with Crippen LogP contribution in [0.5, 0.6) is 0 Å². The minimum Gasteiger partial charge on any atom is -0.352 e. The summed E-state index contributed by atoms with van der Waals surface area (Å²) in [6, 6.07) is 18.0. The zero-order valence-corrected chi connectivity index (χ0v) is 17.9. The third kappa shape index (κ3) is 4.87. The zero-order valence-electron chi connectivity index (χ0n) is 17.0. The number of aryl methyl sites for hydroxylation is 1. The number of nitrogens with one attached hydrogen (secondary N) is 1. The first-order chi connectivity index (χ1) is 14.7. The molecule has 0 radical (unpaired) electrons. The minimum absolute atomic E-state index is 0.0796. The number of hydrogen-bond acceptors (Lipinski definition) is 3. The van der Waals surface area contributed by atoms with Crippen molar-refractivity contribution in [3.05, 3.63) is 66.4 Å². The van der Waals surface area contributed by atoms with Gasteiger partial charge in [0.05, 0.1) is 11.3 Å². The molecule has 6 heteroatoms. The van der Waals surface area contributed by atoms with Gasteiger partial charge in [-0.3, -0.25) is 9.59 Å². The van der Waals surface area contributed by atoms with Crippen molar-refractivity contribution in [3.63, 3.8) is 0 Å². The van der Waals surface area contributed by atoms with E-state index in [2.05, 4.69) is 34.3 Å². The Morgan fingerprint density at radius 3 is 2.60 bits per heavy atom. The highest BCUT2D eigenvalue weighted by atomic mass is 32.2. The van der Waals surface area contributed by atoms with Crippen LogP contribution in [0.1, 0.15) is 29.6 Å². The van der Waals surface area contributed by atoms with Gasteiger partial charge < -0.3 is 14.8 Å². The summed E-state index contributed by atoms with van der Waals surface area (Å²) >= 11 is 1.45. The van der Waals surface area contributed by atoms with Crippen LogP contribution in [0.15, 0.2) is 65.7 Å². The van der Waals surface area contributed by atoms with Gasteiger partial charge in [0, 0.05) is 42.8 Å². The molecule has 156 valence electrons. The summed E-state index contributed by atoms with van der Waals surface area (Å²) in [6.45, 7) is 3.18. The number of benzene rings is 2. The van der Waals surface area contributed by atoms with Crippen molar-refractivity contribution < 1.29 is 9.59 Å². The largest absolute Gasteiger partial charge is 0.352 e. The van der Waals surface area contributed by atoms with Crippen molar-refractivity contribution in [2.45, 2.75) is 30.7 Å². The normalized spacial score (nSPS) is 13.7. The molecule has 30 heavy (non-hydrogen) atoms. The lowest BCUT2D eigenvalue weighted by molar-refractivity contribution is -0.127. The molecule has 1 aromatic heterocycles. The van der Waals surface area contributed by atoms with E-state index in [-0.39, 0.29) is 11.8 Å². The maximum Gasteiger partial charge on any atom is 0.252 e.